The minimum absolute atomic E-state index is 0.363. The number of benzene rings is 2. The zero-order chi connectivity index (χ0) is 16.9. The lowest BCUT2D eigenvalue weighted by atomic mass is 10.2. The number of anilines is 3. The fourth-order valence-corrected chi connectivity index (χ4v) is 2.37. The first-order valence-electron chi connectivity index (χ1n) is 7.67. The molecule has 6 heteroatoms. The largest absolute Gasteiger partial charge is 0.465 e. The minimum Gasteiger partial charge on any atom is -0.465 e. The summed E-state index contributed by atoms with van der Waals surface area (Å²) in [4.78, 5) is 20.5. The van der Waals surface area contributed by atoms with E-state index in [-0.39, 0.29) is 5.97 Å². The number of fused-ring (bicyclic) bond motifs is 1. The van der Waals surface area contributed by atoms with Crippen LogP contribution in [0.15, 0.2) is 48.5 Å². The highest BCUT2D eigenvalue weighted by Gasteiger charge is 2.08. The number of carbonyl (C=O) groups is 1. The van der Waals surface area contributed by atoms with Gasteiger partial charge in [0.05, 0.1) is 18.2 Å². The van der Waals surface area contributed by atoms with E-state index in [1.165, 1.54) is 7.11 Å². The van der Waals surface area contributed by atoms with Gasteiger partial charge in [-0.2, -0.15) is 4.98 Å². The maximum absolute atomic E-state index is 11.5. The van der Waals surface area contributed by atoms with E-state index in [2.05, 4.69) is 20.6 Å². The van der Waals surface area contributed by atoms with Crippen LogP contribution in [0.1, 0.15) is 17.3 Å². The highest BCUT2D eigenvalue weighted by atomic mass is 16.5. The van der Waals surface area contributed by atoms with E-state index in [0.29, 0.717) is 11.5 Å². The van der Waals surface area contributed by atoms with Crippen molar-refractivity contribution in [3.05, 3.63) is 54.1 Å². The number of ether oxygens (including phenoxy) is 1. The lowest BCUT2D eigenvalue weighted by Crippen LogP contribution is -2.05. The van der Waals surface area contributed by atoms with E-state index in [4.69, 9.17) is 4.74 Å². The van der Waals surface area contributed by atoms with Gasteiger partial charge < -0.3 is 15.4 Å². The van der Waals surface area contributed by atoms with Crippen LogP contribution in [-0.4, -0.2) is 29.6 Å². The molecule has 0 atom stereocenters. The van der Waals surface area contributed by atoms with Gasteiger partial charge in [-0.25, -0.2) is 9.78 Å². The normalized spacial score (nSPS) is 10.4. The van der Waals surface area contributed by atoms with Crippen molar-refractivity contribution in [1.29, 1.82) is 0 Å². The fourth-order valence-electron chi connectivity index (χ4n) is 2.37. The van der Waals surface area contributed by atoms with Gasteiger partial charge in [0.25, 0.3) is 0 Å². The first-order chi connectivity index (χ1) is 11.7. The molecule has 0 radical (unpaired) electrons. The third kappa shape index (κ3) is 3.27. The van der Waals surface area contributed by atoms with E-state index in [1.54, 1.807) is 24.3 Å². The number of para-hydroxylation sites is 1. The maximum Gasteiger partial charge on any atom is 0.337 e. The number of hydrogen-bond donors (Lipinski definition) is 2. The standard InChI is InChI=1S/C18H18N4O2/c1-3-19-16-14-6-4-5-7-15(14)21-18(22-16)20-13-10-8-12(9-11-13)17(23)24-2/h4-11H,3H2,1-2H3,(H2,19,20,21,22). The summed E-state index contributed by atoms with van der Waals surface area (Å²) in [7, 11) is 1.36. The van der Waals surface area contributed by atoms with Crippen molar-refractivity contribution >= 4 is 34.3 Å². The van der Waals surface area contributed by atoms with Crippen LogP contribution in [0.3, 0.4) is 0 Å². The second kappa shape index (κ2) is 6.95. The van der Waals surface area contributed by atoms with Crippen molar-refractivity contribution in [3.63, 3.8) is 0 Å². The molecule has 2 aromatic carbocycles. The number of rotatable bonds is 5. The van der Waals surface area contributed by atoms with E-state index < -0.39 is 0 Å². The molecule has 122 valence electrons. The highest BCUT2D eigenvalue weighted by molar-refractivity contribution is 5.91. The van der Waals surface area contributed by atoms with Crippen LogP contribution in [0.4, 0.5) is 17.5 Å². The Bertz CT molecular complexity index is 863. The van der Waals surface area contributed by atoms with Gasteiger partial charge in [-0.1, -0.05) is 12.1 Å². The summed E-state index contributed by atoms with van der Waals surface area (Å²) < 4.78 is 4.69. The van der Waals surface area contributed by atoms with Crippen LogP contribution in [0.2, 0.25) is 0 Å². The van der Waals surface area contributed by atoms with Crippen molar-refractivity contribution in [2.24, 2.45) is 0 Å². The predicted octanol–water partition coefficient (Wildman–Crippen LogP) is 3.59. The average molecular weight is 322 g/mol. The molecule has 6 nitrogen and oxygen atoms in total. The van der Waals surface area contributed by atoms with Gasteiger partial charge in [-0.05, 0) is 43.3 Å². The van der Waals surface area contributed by atoms with Crippen LogP contribution in [0.25, 0.3) is 10.9 Å². The number of nitrogens with zero attached hydrogens (tertiary/aromatic N) is 2. The van der Waals surface area contributed by atoms with E-state index in [1.807, 2.05) is 31.2 Å². The number of hydrogen-bond acceptors (Lipinski definition) is 6. The van der Waals surface area contributed by atoms with Gasteiger partial charge in [0, 0.05) is 17.6 Å². The molecular formula is C18H18N4O2. The van der Waals surface area contributed by atoms with Crippen molar-refractivity contribution in [2.75, 3.05) is 24.3 Å². The van der Waals surface area contributed by atoms with Gasteiger partial charge in [-0.15, -0.1) is 0 Å². The molecule has 0 unspecified atom stereocenters. The maximum atomic E-state index is 11.5. The van der Waals surface area contributed by atoms with Crippen LogP contribution in [0.5, 0.6) is 0 Å². The molecule has 1 aromatic heterocycles. The van der Waals surface area contributed by atoms with Crippen molar-refractivity contribution in [3.8, 4) is 0 Å². The van der Waals surface area contributed by atoms with Gasteiger partial charge in [-0.3, -0.25) is 0 Å². The van der Waals surface area contributed by atoms with Gasteiger partial charge >= 0.3 is 5.97 Å². The highest BCUT2D eigenvalue weighted by Crippen LogP contribution is 2.23. The lowest BCUT2D eigenvalue weighted by Gasteiger charge is -2.11. The summed E-state index contributed by atoms with van der Waals surface area (Å²) in [5, 5.41) is 7.40. The van der Waals surface area contributed by atoms with Crippen molar-refractivity contribution in [2.45, 2.75) is 6.92 Å². The second-order valence-electron chi connectivity index (χ2n) is 5.14. The zero-order valence-corrected chi connectivity index (χ0v) is 13.5. The molecule has 0 bridgehead atoms. The molecular weight excluding hydrogens is 304 g/mol. The quantitative estimate of drug-likeness (QED) is 0.699. The third-order valence-electron chi connectivity index (χ3n) is 3.51. The SMILES string of the molecule is CCNc1nc(Nc2ccc(C(=O)OC)cc2)nc2ccccc12. The van der Waals surface area contributed by atoms with Crippen LogP contribution < -0.4 is 10.6 Å². The Morgan fingerprint density at radius 2 is 1.83 bits per heavy atom. The molecule has 1 heterocycles. The Labute approximate surface area is 139 Å². The molecule has 0 aliphatic rings. The monoisotopic (exact) mass is 322 g/mol. The summed E-state index contributed by atoms with van der Waals surface area (Å²) in [6.45, 7) is 2.80. The molecule has 3 rings (SSSR count). The summed E-state index contributed by atoms with van der Waals surface area (Å²) in [5.41, 5.74) is 2.15. The summed E-state index contributed by atoms with van der Waals surface area (Å²) in [6.07, 6.45) is 0. The first-order valence-corrected chi connectivity index (χ1v) is 7.67. The smallest absolute Gasteiger partial charge is 0.337 e. The number of methoxy groups -OCH3 is 1. The van der Waals surface area contributed by atoms with Crippen LogP contribution in [-0.2, 0) is 4.74 Å². The van der Waals surface area contributed by atoms with Gasteiger partial charge in [0.15, 0.2) is 0 Å². The minimum atomic E-state index is -0.363. The molecule has 0 saturated carbocycles. The van der Waals surface area contributed by atoms with Crippen molar-refractivity contribution < 1.29 is 9.53 Å². The Morgan fingerprint density at radius 1 is 1.08 bits per heavy atom. The molecule has 0 aliphatic heterocycles. The number of esters is 1. The number of nitrogens with one attached hydrogen (secondary N) is 2. The Kier molecular flexibility index (Phi) is 4.56. The molecule has 0 spiro atoms. The van der Waals surface area contributed by atoms with Crippen molar-refractivity contribution in [1.82, 2.24) is 9.97 Å². The van der Waals surface area contributed by atoms with Crippen LogP contribution in [0, 0.1) is 0 Å². The predicted molar refractivity (Wildman–Crippen MR) is 94.8 cm³/mol. The molecule has 0 aliphatic carbocycles. The summed E-state index contributed by atoms with van der Waals surface area (Å²) in [6, 6.07) is 14.8. The molecule has 0 amide bonds. The molecule has 0 fully saturated rings. The zero-order valence-electron chi connectivity index (χ0n) is 13.5. The topological polar surface area (TPSA) is 76.1 Å². The number of carbonyl (C=O) groups excluding carboxylic acids is 1. The average Bonchev–Trinajstić information content (AvgIpc) is 2.62. The summed E-state index contributed by atoms with van der Waals surface area (Å²) >= 11 is 0. The van der Waals surface area contributed by atoms with Gasteiger partial charge in [0.1, 0.15) is 5.82 Å². The van der Waals surface area contributed by atoms with E-state index in [9.17, 15) is 4.79 Å². The summed E-state index contributed by atoms with van der Waals surface area (Å²) in [5.74, 6) is 0.921. The lowest BCUT2D eigenvalue weighted by molar-refractivity contribution is 0.0601. The Hall–Kier alpha value is -3.15. The first kappa shape index (κ1) is 15.7. The molecule has 24 heavy (non-hydrogen) atoms. The third-order valence-corrected chi connectivity index (χ3v) is 3.51. The molecule has 0 saturated heterocycles. The van der Waals surface area contributed by atoms with Crippen LogP contribution >= 0.6 is 0 Å². The van der Waals surface area contributed by atoms with E-state index >= 15 is 0 Å². The molecule has 3 aromatic rings. The second-order valence-corrected chi connectivity index (χ2v) is 5.14. The number of aromatic nitrogens is 2. The van der Waals surface area contributed by atoms with E-state index in [0.717, 1.165) is 29.0 Å². The van der Waals surface area contributed by atoms with Gasteiger partial charge in [0.2, 0.25) is 5.95 Å². The molecule has 2 N–H and O–H groups in total. The Morgan fingerprint density at radius 3 is 2.54 bits per heavy atom. The Balaban J connectivity index is 1.90. The fraction of sp³-hybridized carbons (Fsp3) is 0.167.